The molecule has 56 valence electrons. The van der Waals surface area contributed by atoms with Crippen LogP contribution in [0.3, 0.4) is 0 Å². The minimum Gasteiger partial charge on any atom is -0.134 e. The Morgan fingerprint density at radius 2 is 0.778 bits per heavy atom. The summed E-state index contributed by atoms with van der Waals surface area (Å²) in [4.78, 5) is 28.5. The molecule has 0 amide bonds. The van der Waals surface area contributed by atoms with Gasteiger partial charge in [0.1, 0.15) is 0 Å². The van der Waals surface area contributed by atoms with Gasteiger partial charge in [-0.05, 0) is 0 Å². The molecule has 0 saturated carbocycles. The monoisotopic (exact) mass is 320 g/mol. The van der Waals surface area contributed by atoms with E-state index in [1.165, 1.54) is 0 Å². The van der Waals surface area contributed by atoms with Crippen LogP contribution in [0.25, 0.3) is 0 Å². The van der Waals surface area contributed by atoms with Gasteiger partial charge in [-0.3, -0.25) is 0 Å². The summed E-state index contributed by atoms with van der Waals surface area (Å²) >= 11 is 0. The Balaban J connectivity index is -0.0000000720. The second-order valence-electron chi connectivity index (χ2n) is 0.505. The SMILES string of the molecule is O=[P+](O)O.O=[P+](O)O.[Gd]. The van der Waals surface area contributed by atoms with Crippen molar-refractivity contribution in [2.24, 2.45) is 0 Å². The zero-order valence-corrected chi connectivity index (χ0v) is 7.91. The van der Waals surface area contributed by atoms with E-state index in [2.05, 4.69) is 0 Å². The molecule has 9 heavy (non-hydrogen) atoms. The molecule has 9 heteroatoms. The zero-order valence-electron chi connectivity index (χ0n) is 3.85. The van der Waals surface area contributed by atoms with Crippen LogP contribution < -0.4 is 0 Å². The molecule has 0 spiro atoms. The Hall–Kier alpha value is 1.36. The quantitative estimate of drug-likeness (QED) is 0.437. The van der Waals surface area contributed by atoms with Gasteiger partial charge in [-0.2, -0.15) is 0 Å². The van der Waals surface area contributed by atoms with Gasteiger partial charge in [0.05, 0.1) is 0 Å². The van der Waals surface area contributed by atoms with Crippen molar-refractivity contribution < 1.29 is 68.6 Å². The fraction of sp³-hybridized carbons (Fsp3) is 0. The molecule has 0 bridgehead atoms. The fourth-order valence-corrected chi connectivity index (χ4v) is 0. The largest absolute Gasteiger partial charge is 0.692 e. The van der Waals surface area contributed by atoms with Gasteiger partial charge in [-0.1, -0.05) is 0 Å². The Morgan fingerprint density at radius 3 is 0.778 bits per heavy atom. The first-order valence-electron chi connectivity index (χ1n) is 1.17. The Morgan fingerprint density at radius 1 is 0.778 bits per heavy atom. The molecule has 4 N–H and O–H groups in total. The normalized spacial score (nSPS) is 5.78. The summed E-state index contributed by atoms with van der Waals surface area (Å²) in [5.41, 5.74) is 0. The first-order chi connectivity index (χ1) is 3.46. The van der Waals surface area contributed by atoms with Gasteiger partial charge >= 0.3 is 16.5 Å². The molecule has 0 heterocycles. The van der Waals surface area contributed by atoms with E-state index in [-0.39, 0.29) is 39.9 Å². The van der Waals surface area contributed by atoms with Crippen LogP contribution in [0.4, 0.5) is 0 Å². The molecule has 0 aliphatic carbocycles. The van der Waals surface area contributed by atoms with Crippen LogP contribution in [0.15, 0.2) is 0 Å². The minimum absolute atomic E-state index is 0. The predicted octanol–water partition coefficient (Wildman–Crippen LogP) is -0.743. The van der Waals surface area contributed by atoms with E-state index < -0.39 is 16.5 Å². The van der Waals surface area contributed by atoms with Crippen molar-refractivity contribution in [3.8, 4) is 0 Å². The van der Waals surface area contributed by atoms with E-state index >= 15 is 0 Å². The predicted molar refractivity (Wildman–Crippen MR) is 24.1 cm³/mol. The standard InChI is InChI=1S/Gd.2HO3P/c;2*1-4(2)3/h;2*(H-,1,2,3)/p+2. The first kappa shape index (κ1) is 16.8. The maximum absolute atomic E-state index is 8.70. The van der Waals surface area contributed by atoms with E-state index in [0.717, 1.165) is 0 Å². The Labute approximate surface area is 84.5 Å². The number of hydrogen-bond donors (Lipinski definition) is 4. The summed E-state index contributed by atoms with van der Waals surface area (Å²) in [7, 11) is -5.74. The first-order valence-corrected chi connectivity index (χ1v) is 3.50. The van der Waals surface area contributed by atoms with Gasteiger partial charge < -0.3 is 0 Å². The van der Waals surface area contributed by atoms with Gasteiger partial charge in [0.25, 0.3) is 0 Å². The molecule has 0 aromatic carbocycles. The van der Waals surface area contributed by atoms with Crippen LogP contribution >= 0.6 is 16.5 Å². The molecule has 0 unspecified atom stereocenters. The van der Waals surface area contributed by atoms with Gasteiger partial charge in [-0.15, -0.1) is 19.6 Å². The van der Waals surface area contributed by atoms with Crippen molar-refractivity contribution in [2.75, 3.05) is 0 Å². The van der Waals surface area contributed by atoms with Crippen molar-refractivity contribution in [2.45, 2.75) is 0 Å². The van der Waals surface area contributed by atoms with E-state index in [4.69, 9.17) is 28.7 Å². The summed E-state index contributed by atoms with van der Waals surface area (Å²) in [6, 6.07) is 0. The topological polar surface area (TPSA) is 115 Å². The summed E-state index contributed by atoms with van der Waals surface area (Å²) in [5, 5.41) is 0. The summed E-state index contributed by atoms with van der Waals surface area (Å²) in [6.45, 7) is 0. The summed E-state index contributed by atoms with van der Waals surface area (Å²) in [6.07, 6.45) is 0. The molecule has 0 aliphatic rings. The molecule has 0 rings (SSSR count). The third-order valence-corrected chi connectivity index (χ3v) is 0. The van der Waals surface area contributed by atoms with Crippen molar-refractivity contribution in [1.82, 2.24) is 0 Å². The van der Waals surface area contributed by atoms with Crippen molar-refractivity contribution in [3.63, 3.8) is 0 Å². The van der Waals surface area contributed by atoms with Crippen LogP contribution in [0.5, 0.6) is 0 Å². The average molecular weight is 319 g/mol. The smallest absolute Gasteiger partial charge is 0.134 e. The average Bonchev–Trinajstić information content (AvgIpc) is 1.25. The third-order valence-electron chi connectivity index (χ3n) is 0. The van der Waals surface area contributed by atoms with Gasteiger partial charge in [0.2, 0.25) is 0 Å². The van der Waals surface area contributed by atoms with E-state index in [1.54, 1.807) is 0 Å². The third kappa shape index (κ3) is 273. The van der Waals surface area contributed by atoms with E-state index in [1.807, 2.05) is 0 Å². The Kier molecular flexibility index (Phi) is 22.5. The molecule has 0 aromatic heterocycles. The molecule has 0 saturated heterocycles. The van der Waals surface area contributed by atoms with Crippen LogP contribution in [0, 0.1) is 39.9 Å². The van der Waals surface area contributed by atoms with Gasteiger partial charge in [0, 0.05) is 49.1 Å². The summed E-state index contributed by atoms with van der Waals surface area (Å²) < 4.78 is 17.4. The Bertz CT molecular complexity index is 69.1. The maximum Gasteiger partial charge on any atom is 0.692 e. The second-order valence-corrected chi connectivity index (χ2v) is 1.52. The van der Waals surface area contributed by atoms with Crippen LogP contribution in [-0.4, -0.2) is 19.6 Å². The van der Waals surface area contributed by atoms with E-state index in [0.29, 0.717) is 0 Å². The minimum atomic E-state index is -2.87. The van der Waals surface area contributed by atoms with E-state index in [9.17, 15) is 0 Å². The van der Waals surface area contributed by atoms with Crippen molar-refractivity contribution in [1.29, 1.82) is 0 Å². The van der Waals surface area contributed by atoms with Crippen LogP contribution in [0.2, 0.25) is 0 Å². The van der Waals surface area contributed by atoms with Crippen LogP contribution in [0.1, 0.15) is 0 Å². The maximum atomic E-state index is 8.70. The van der Waals surface area contributed by atoms with Crippen molar-refractivity contribution >= 4 is 16.5 Å². The van der Waals surface area contributed by atoms with Gasteiger partial charge in [-0.25, -0.2) is 0 Å². The fourth-order valence-electron chi connectivity index (χ4n) is 0. The molecule has 0 aliphatic heterocycles. The molecular formula is H4GdO6P2+2. The molecule has 0 radical (unpaired) electrons. The van der Waals surface area contributed by atoms with Crippen LogP contribution in [-0.2, 0) is 9.13 Å². The summed E-state index contributed by atoms with van der Waals surface area (Å²) in [5.74, 6) is 0. The van der Waals surface area contributed by atoms with Crippen molar-refractivity contribution in [3.05, 3.63) is 0 Å². The molecule has 0 fully saturated rings. The molecule has 6 nitrogen and oxygen atoms in total. The molecular weight excluding hydrogens is 315 g/mol. The molecule has 0 atom stereocenters. The zero-order chi connectivity index (χ0) is 7.15. The molecule has 0 aromatic rings. The van der Waals surface area contributed by atoms with Gasteiger partial charge in [0.15, 0.2) is 0 Å². The number of hydrogen-bond acceptors (Lipinski definition) is 2. The number of rotatable bonds is 0. The second kappa shape index (κ2) is 12.1.